The van der Waals surface area contributed by atoms with E-state index in [-0.39, 0.29) is 0 Å². The Hall–Kier alpha value is -5.14. The smallest absolute Gasteiger partial charge is 0.0390 e. The standard InChI is InChI=1S/C38H27N/c1-2-10-27(11-3-1)34-18-8-21-38-35(19-9-20-37(34)38)29-22-24-31(25-23-29)39-32-15-6-14-30(26-32)36-17-7-13-28-12-4-5-16-33(28)36/h1-26,39H. The minimum absolute atomic E-state index is 1.07. The molecule has 0 fully saturated rings. The molecule has 0 unspecified atom stereocenters. The Morgan fingerprint density at radius 1 is 0.308 bits per heavy atom. The van der Waals surface area contributed by atoms with Gasteiger partial charge < -0.3 is 5.32 Å². The normalized spacial score (nSPS) is 11.1. The molecule has 184 valence electrons. The van der Waals surface area contributed by atoms with Crippen molar-refractivity contribution < 1.29 is 0 Å². The molecular weight excluding hydrogens is 470 g/mol. The molecule has 0 heterocycles. The third-order valence-corrected chi connectivity index (χ3v) is 7.45. The predicted molar refractivity (Wildman–Crippen MR) is 167 cm³/mol. The van der Waals surface area contributed by atoms with Crippen molar-refractivity contribution in [3.63, 3.8) is 0 Å². The maximum Gasteiger partial charge on any atom is 0.0390 e. The van der Waals surface area contributed by atoms with Crippen LogP contribution in [-0.4, -0.2) is 0 Å². The third kappa shape index (κ3) is 4.45. The van der Waals surface area contributed by atoms with Crippen LogP contribution in [0, 0.1) is 0 Å². The molecule has 0 aliphatic rings. The highest BCUT2D eigenvalue weighted by Crippen LogP contribution is 2.36. The Morgan fingerprint density at radius 2 is 0.821 bits per heavy atom. The lowest BCUT2D eigenvalue weighted by molar-refractivity contribution is 1.54. The average Bonchev–Trinajstić information content (AvgIpc) is 3.01. The minimum Gasteiger partial charge on any atom is -0.356 e. The molecule has 0 saturated carbocycles. The van der Waals surface area contributed by atoms with Crippen LogP contribution in [-0.2, 0) is 0 Å². The topological polar surface area (TPSA) is 12.0 Å². The van der Waals surface area contributed by atoms with Gasteiger partial charge >= 0.3 is 0 Å². The lowest BCUT2D eigenvalue weighted by atomic mass is 9.93. The Labute approximate surface area is 229 Å². The van der Waals surface area contributed by atoms with Crippen LogP contribution in [0.1, 0.15) is 0 Å². The second-order valence-electron chi connectivity index (χ2n) is 9.88. The molecule has 1 heteroatoms. The van der Waals surface area contributed by atoms with Gasteiger partial charge in [-0.25, -0.2) is 0 Å². The molecule has 0 aromatic heterocycles. The van der Waals surface area contributed by atoms with E-state index < -0.39 is 0 Å². The molecule has 7 rings (SSSR count). The summed E-state index contributed by atoms with van der Waals surface area (Å²) in [5, 5.41) is 8.67. The van der Waals surface area contributed by atoms with E-state index in [1.54, 1.807) is 0 Å². The van der Waals surface area contributed by atoms with Gasteiger partial charge in [0.25, 0.3) is 0 Å². The molecule has 0 aliphatic carbocycles. The van der Waals surface area contributed by atoms with Gasteiger partial charge in [-0.05, 0) is 79.2 Å². The fourth-order valence-corrected chi connectivity index (χ4v) is 5.57. The van der Waals surface area contributed by atoms with Gasteiger partial charge in [0.15, 0.2) is 0 Å². The average molecular weight is 498 g/mol. The number of nitrogens with one attached hydrogen (secondary N) is 1. The quantitative estimate of drug-likeness (QED) is 0.249. The fraction of sp³-hybridized carbons (Fsp3) is 0. The summed E-state index contributed by atoms with van der Waals surface area (Å²) in [6, 6.07) is 56.3. The molecule has 0 bridgehead atoms. The molecule has 0 amide bonds. The SMILES string of the molecule is c1ccc(-c2cccc3c(-c4ccc(Nc5cccc(-c6cccc7ccccc67)c5)cc4)cccc23)cc1. The zero-order chi connectivity index (χ0) is 26.0. The molecule has 0 atom stereocenters. The largest absolute Gasteiger partial charge is 0.356 e. The second kappa shape index (κ2) is 9.96. The van der Waals surface area contributed by atoms with Crippen LogP contribution in [0.2, 0.25) is 0 Å². The summed E-state index contributed by atoms with van der Waals surface area (Å²) in [5.74, 6) is 0. The Bertz CT molecular complexity index is 1910. The molecular formula is C38H27N. The lowest BCUT2D eigenvalue weighted by Gasteiger charge is -2.13. The van der Waals surface area contributed by atoms with Gasteiger partial charge in [-0.3, -0.25) is 0 Å². The van der Waals surface area contributed by atoms with E-state index in [4.69, 9.17) is 0 Å². The highest BCUT2D eigenvalue weighted by Gasteiger charge is 2.09. The highest BCUT2D eigenvalue weighted by atomic mass is 14.9. The first-order chi connectivity index (χ1) is 19.3. The number of hydrogen-bond donors (Lipinski definition) is 1. The molecule has 7 aromatic rings. The van der Waals surface area contributed by atoms with Crippen molar-refractivity contribution in [3.8, 4) is 33.4 Å². The first-order valence-electron chi connectivity index (χ1n) is 13.4. The highest BCUT2D eigenvalue weighted by molar-refractivity contribution is 6.04. The van der Waals surface area contributed by atoms with Crippen LogP contribution < -0.4 is 5.32 Å². The lowest BCUT2D eigenvalue weighted by Crippen LogP contribution is -1.91. The van der Waals surface area contributed by atoms with E-state index in [0.29, 0.717) is 0 Å². The van der Waals surface area contributed by atoms with Crippen LogP contribution in [0.3, 0.4) is 0 Å². The fourth-order valence-electron chi connectivity index (χ4n) is 5.57. The van der Waals surface area contributed by atoms with Gasteiger partial charge in [0, 0.05) is 11.4 Å². The van der Waals surface area contributed by atoms with Crippen LogP contribution in [0.5, 0.6) is 0 Å². The van der Waals surface area contributed by atoms with Gasteiger partial charge in [0.1, 0.15) is 0 Å². The second-order valence-corrected chi connectivity index (χ2v) is 9.88. The number of benzene rings is 7. The maximum absolute atomic E-state index is 3.61. The monoisotopic (exact) mass is 497 g/mol. The van der Waals surface area contributed by atoms with Crippen molar-refractivity contribution in [3.05, 3.63) is 158 Å². The minimum atomic E-state index is 1.07. The van der Waals surface area contributed by atoms with Crippen molar-refractivity contribution in [1.82, 2.24) is 0 Å². The van der Waals surface area contributed by atoms with Crippen molar-refractivity contribution in [2.45, 2.75) is 0 Å². The molecule has 1 nitrogen and oxygen atoms in total. The van der Waals surface area contributed by atoms with E-state index in [1.807, 2.05) is 0 Å². The number of rotatable bonds is 5. The Morgan fingerprint density at radius 3 is 1.56 bits per heavy atom. The first kappa shape index (κ1) is 23.0. The maximum atomic E-state index is 3.61. The summed E-state index contributed by atoms with van der Waals surface area (Å²) < 4.78 is 0. The van der Waals surface area contributed by atoms with Gasteiger partial charge in [0.05, 0.1) is 0 Å². The Kier molecular flexibility index (Phi) is 5.88. The van der Waals surface area contributed by atoms with Gasteiger partial charge in [-0.15, -0.1) is 0 Å². The third-order valence-electron chi connectivity index (χ3n) is 7.45. The summed E-state index contributed by atoms with van der Waals surface area (Å²) in [5.41, 5.74) is 9.56. The van der Waals surface area contributed by atoms with Crippen LogP contribution in [0.15, 0.2) is 158 Å². The van der Waals surface area contributed by atoms with Crippen molar-refractivity contribution in [1.29, 1.82) is 0 Å². The first-order valence-corrected chi connectivity index (χ1v) is 13.4. The van der Waals surface area contributed by atoms with Crippen LogP contribution in [0.25, 0.3) is 54.9 Å². The molecule has 1 N–H and O–H groups in total. The molecule has 0 aliphatic heterocycles. The van der Waals surface area contributed by atoms with E-state index in [2.05, 4.69) is 163 Å². The van der Waals surface area contributed by atoms with E-state index in [0.717, 1.165) is 11.4 Å². The zero-order valence-corrected chi connectivity index (χ0v) is 21.5. The van der Waals surface area contributed by atoms with Crippen molar-refractivity contribution >= 4 is 32.9 Å². The summed E-state index contributed by atoms with van der Waals surface area (Å²) >= 11 is 0. The molecule has 39 heavy (non-hydrogen) atoms. The zero-order valence-electron chi connectivity index (χ0n) is 21.5. The van der Waals surface area contributed by atoms with Gasteiger partial charge in [-0.1, -0.05) is 133 Å². The molecule has 7 aromatic carbocycles. The molecule has 0 spiro atoms. The van der Waals surface area contributed by atoms with Crippen molar-refractivity contribution in [2.24, 2.45) is 0 Å². The van der Waals surface area contributed by atoms with Crippen molar-refractivity contribution in [2.75, 3.05) is 5.32 Å². The van der Waals surface area contributed by atoms with Crippen LogP contribution >= 0.6 is 0 Å². The summed E-state index contributed by atoms with van der Waals surface area (Å²) in [6.45, 7) is 0. The molecule has 0 radical (unpaired) electrons. The number of fused-ring (bicyclic) bond motifs is 2. The molecule has 0 saturated heterocycles. The van der Waals surface area contributed by atoms with E-state index >= 15 is 0 Å². The van der Waals surface area contributed by atoms with Gasteiger partial charge in [-0.2, -0.15) is 0 Å². The van der Waals surface area contributed by atoms with E-state index in [9.17, 15) is 0 Å². The Balaban J connectivity index is 1.19. The summed E-state index contributed by atoms with van der Waals surface area (Å²) in [6.07, 6.45) is 0. The van der Waals surface area contributed by atoms with Crippen LogP contribution in [0.4, 0.5) is 11.4 Å². The van der Waals surface area contributed by atoms with E-state index in [1.165, 1.54) is 54.9 Å². The predicted octanol–water partition coefficient (Wildman–Crippen LogP) is 10.7. The van der Waals surface area contributed by atoms with Gasteiger partial charge in [0.2, 0.25) is 0 Å². The summed E-state index contributed by atoms with van der Waals surface area (Å²) in [4.78, 5) is 0. The summed E-state index contributed by atoms with van der Waals surface area (Å²) in [7, 11) is 0. The number of anilines is 2. The number of hydrogen-bond acceptors (Lipinski definition) is 1.